The van der Waals surface area contributed by atoms with Crippen LogP contribution in [-0.2, 0) is 16.1 Å². The van der Waals surface area contributed by atoms with Gasteiger partial charge in [-0.15, -0.1) is 0 Å². The van der Waals surface area contributed by atoms with Gasteiger partial charge < -0.3 is 25.5 Å². The molecular weight excluding hydrogens is 542 g/mol. The van der Waals surface area contributed by atoms with Crippen molar-refractivity contribution in [3.63, 3.8) is 0 Å². The summed E-state index contributed by atoms with van der Waals surface area (Å²) in [4.78, 5) is 46.4. The molecule has 5 rings (SSSR count). The van der Waals surface area contributed by atoms with Crippen molar-refractivity contribution >= 4 is 17.7 Å². The van der Waals surface area contributed by atoms with Crippen molar-refractivity contribution in [1.82, 2.24) is 25.3 Å². The number of piperazine rings is 1. The minimum Gasteiger partial charge on any atom is -0.390 e. The number of hydrogen-bond acceptors (Lipinski definition) is 6. The molecule has 3 aliphatic heterocycles. The number of piperidine rings is 2. The Hall–Kier alpha value is -2.49. The van der Waals surface area contributed by atoms with Gasteiger partial charge in [0, 0.05) is 51.8 Å². The summed E-state index contributed by atoms with van der Waals surface area (Å²) in [6.07, 6.45) is 10.4. The van der Waals surface area contributed by atoms with Crippen molar-refractivity contribution in [1.29, 1.82) is 0 Å². The highest BCUT2D eigenvalue weighted by Crippen LogP contribution is 2.38. The molecule has 238 valence electrons. The summed E-state index contributed by atoms with van der Waals surface area (Å²) in [5, 5.41) is 16.9. The van der Waals surface area contributed by atoms with Gasteiger partial charge in [-0.3, -0.25) is 19.3 Å². The van der Waals surface area contributed by atoms with Gasteiger partial charge in [0.2, 0.25) is 11.8 Å². The molecule has 3 heterocycles. The smallest absolute Gasteiger partial charge is 0.251 e. The van der Waals surface area contributed by atoms with E-state index in [1.165, 1.54) is 5.56 Å². The highest BCUT2D eigenvalue weighted by molar-refractivity contribution is 6.00. The monoisotopic (exact) mass is 595 g/mol. The van der Waals surface area contributed by atoms with Crippen LogP contribution >= 0.6 is 0 Å². The van der Waals surface area contributed by atoms with E-state index < -0.39 is 17.2 Å². The van der Waals surface area contributed by atoms with E-state index in [9.17, 15) is 19.5 Å². The molecule has 0 unspecified atom stereocenters. The van der Waals surface area contributed by atoms with Crippen LogP contribution in [0.1, 0.15) is 99.9 Å². The molecule has 1 aromatic rings. The quantitative estimate of drug-likeness (QED) is 0.384. The molecule has 3 saturated heterocycles. The maximum absolute atomic E-state index is 13.9. The zero-order valence-electron chi connectivity index (χ0n) is 26.4. The lowest BCUT2D eigenvalue weighted by molar-refractivity contribution is -0.163. The van der Waals surface area contributed by atoms with Gasteiger partial charge in [-0.05, 0) is 81.6 Å². The molecule has 4 fully saturated rings. The van der Waals surface area contributed by atoms with E-state index in [-0.39, 0.29) is 17.7 Å². The zero-order valence-corrected chi connectivity index (χ0v) is 26.4. The lowest BCUT2D eigenvalue weighted by Gasteiger charge is -2.52. The van der Waals surface area contributed by atoms with Gasteiger partial charge in [0.25, 0.3) is 5.91 Å². The van der Waals surface area contributed by atoms with Gasteiger partial charge in [0.1, 0.15) is 11.6 Å². The van der Waals surface area contributed by atoms with E-state index in [4.69, 9.17) is 0 Å². The Morgan fingerprint density at radius 2 is 1.65 bits per heavy atom. The maximum atomic E-state index is 13.9. The number of carbonyl (C=O) groups is 3. The second-order valence-electron chi connectivity index (χ2n) is 13.7. The molecule has 9 heteroatoms. The highest BCUT2D eigenvalue weighted by Gasteiger charge is 2.54. The van der Waals surface area contributed by atoms with Crippen LogP contribution < -0.4 is 10.6 Å². The standard InChI is InChI=1S/C34H53N5O4/c1-3-4-18-39-31(41)29(23-33(43)14-6-5-7-15-33)36-32(42)34(39)16-21-38(22-17-34)25-27-12-19-37(20-13-27)24-26-8-10-28(11-9-26)30(40)35-2/h8-11,27,29,43H,3-7,12-25H2,1-2H3,(H,35,40)(H,36,42)/t29-/m1/s1. The Labute approximate surface area is 257 Å². The SMILES string of the molecule is CCCCN1C(=O)[C@@H](CC2(O)CCCCC2)NC(=O)C12CCN(CC1CCN(Cc3ccc(C(=O)NC)cc3)CC1)CC2. The zero-order chi connectivity index (χ0) is 30.5. The van der Waals surface area contributed by atoms with Crippen LogP contribution in [0.2, 0.25) is 0 Å². The first-order valence-electron chi connectivity index (χ1n) is 16.9. The molecule has 3 amide bonds. The molecule has 43 heavy (non-hydrogen) atoms. The third-order valence-electron chi connectivity index (χ3n) is 10.7. The van der Waals surface area contributed by atoms with Crippen LogP contribution in [0.15, 0.2) is 24.3 Å². The Morgan fingerprint density at radius 1 is 0.977 bits per heavy atom. The first-order valence-corrected chi connectivity index (χ1v) is 16.9. The molecule has 4 aliphatic rings. The summed E-state index contributed by atoms with van der Waals surface area (Å²) in [5.41, 5.74) is 0.319. The van der Waals surface area contributed by atoms with E-state index in [2.05, 4.69) is 39.5 Å². The molecule has 1 atom stereocenters. The van der Waals surface area contributed by atoms with E-state index in [1.54, 1.807) is 7.05 Å². The second kappa shape index (κ2) is 14.1. The summed E-state index contributed by atoms with van der Waals surface area (Å²) < 4.78 is 0. The Kier molecular flexibility index (Phi) is 10.5. The average molecular weight is 596 g/mol. The van der Waals surface area contributed by atoms with Crippen LogP contribution in [-0.4, -0.2) is 101 Å². The largest absolute Gasteiger partial charge is 0.390 e. The van der Waals surface area contributed by atoms with Crippen molar-refractivity contribution in [2.24, 2.45) is 5.92 Å². The number of nitrogens with zero attached hydrogens (tertiary/aromatic N) is 3. The Morgan fingerprint density at radius 3 is 2.28 bits per heavy atom. The second-order valence-corrected chi connectivity index (χ2v) is 13.7. The van der Waals surface area contributed by atoms with Crippen molar-refractivity contribution in [3.05, 3.63) is 35.4 Å². The fourth-order valence-electron chi connectivity index (χ4n) is 7.91. The first-order chi connectivity index (χ1) is 20.7. The average Bonchev–Trinajstić information content (AvgIpc) is 3.02. The molecule has 1 saturated carbocycles. The molecule has 1 spiro atoms. The molecule has 0 aromatic heterocycles. The summed E-state index contributed by atoms with van der Waals surface area (Å²) in [5.74, 6) is 0.582. The van der Waals surface area contributed by atoms with Gasteiger partial charge in [0.15, 0.2) is 0 Å². The summed E-state index contributed by atoms with van der Waals surface area (Å²) in [6, 6.07) is 7.28. The van der Waals surface area contributed by atoms with E-state index in [0.717, 1.165) is 84.2 Å². The number of amides is 3. The predicted octanol–water partition coefficient (Wildman–Crippen LogP) is 3.31. The van der Waals surface area contributed by atoms with Gasteiger partial charge in [0.05, 0.1) is 5.60 Å². The topological polar surface area (TPSA) is 105 Å². The van der Waals surface area contributed by atoms with Crippen LogP contribution in [0, 0.1) is 5.92 Å². The molecule has 9 nitrogen and oxygen atoms in total. The number of benzene rings is 1. The minimum absolute atomic E-state index is 0.0103. The Balaban J connectivity index is 1.12. The summed E-state index contributed by atoms with van der Waals surface area (Å²) in [7, 11) is 1.65. The van der Waals surface area contributed by atoms with E-state index in [1.807, 2.05) is 17.0 Å². The van der Waals surface area contributed by atoms with Crippen LogP contribution in [0.4, 0.5) is 0 Å². The number of hydrogen-bond donors (Lipinski definition) is 3. The van der Waals surface area contributed by atoms with Gasteiger partial charge in [-0.2, -0.15) is 0 Å². The lowest BCUT2D eigenvalue weighted by Crippen LogP contribution is -2.73. The predicted molar refractivity (Wildman–Crippen MR) is 167 cm³/mol. The minimum atomic E-state index is -0.844. The molecular formula is C34H53N5O4. The number of nitrogens with one attached hydrogen (secondary N) is 2. The van der Waals surface area contributed by atoms with Crippen molar-refractivity contribution in [2.45, 2.75) is 108 Å². The van der Waals surface area contributed by atoms with E-state index >= 15 is 0 Å². The number of likely N-dealkylation sites (tertiary alicyclic amines) is 2. The van der Waals surface area contributed by atoms with Crippen molar-refractivity contribution in [3.8, 4) is 0 Å². The number of rotatable bonds is 10. The molecule has 0 bridgehead atoms. The molecule has 0 radical (unpaired) electrons. The number of unbranched alkanes of at least 4 members (excludes halogenated alkanes) is 1. The first kappa shape index (κ1) is 31.9. The normalized spacial score (nSPS) is 25.1. The number of carbonyl (C=O) groups excluding carboxylic acids is 3. The van der Waals surface area contributed by atoms with Crippen LogP contribution in [0.25, 0.3) is 0 Å². The maximum Gasteiger partial charge on any atom is 0.251 e. The van der Waals surface area contributed by atoms with Crippen LogP contribution in [0.3, 0.4) is 0 Å². The summed E-state index contributed by atoms with van der Waals surface area (Å²) >= 11 is 0. The summed E-state index contributed by atoms with van der Waals surface area (Å²) in [6.45, 7) is 8.48. The third kappa shape index (κ3) is 7.43. The fourth-order valence-corrected chi connectivity index (χ4v) is 7.91. The van der Waals surface area contributed by atoms with Gasteiger partial charge in [-0.25, -0.2) is 0 Å². The lowest BCUT2D eigenvalue weighted by atomic mass is 9.77. The van der Waals surface area contributed by atoms with Crippen molar-refractivity contribution < 1.29 is 19.5 Å². The van der Waals surface area contributed by atoms with Gasteiger partial charge >= 0.3 is 0 Å². The fraction of sp³-hybridized carbons (Fsp3) is 0.735. The molecule has 3 N–H and O–H groups in total. The highest BCUT2D eigenvalue weighted by atomic mass is 16.3. The molecule has 1 aliphatic carbocycles. The third-order valence-corrected chi connectivity index (χ3v) is 10.7. The molecule has 1 aromatic carbocycles. The van der Waals surface area contributed by atoms with Gasteiger partial charge in [-0.1, -0.05) is 44.7 Å². The Bertz CT molecular complexity index is 1100. The van der Waals surface area contributed by atoms with Crippen LogP contribution in [0.5, 0.6) is 0 Å². The van der Waals surface area contributed by atoms with Crippen molar-refractivity contribution in [2.75, 3.05) is 46.3 Å². The van der Waals surface area contributed by atoms with E-state index in [0.29, 0.717) is 50.1 Å². The number of aliphatic hydroxyl groups is 1.